The Balaban J connectivity index is 3.58. The van der Waals surface area contributed by atoms with Gasteiger partial charge in [-0.3, -0.25) is 14.4 Å². The summed E-state index contributed by atoms with van der Waals surface area (Å²) in [5.74, 6) is -6.17. The molecule has 49 heavy (non-hydrogen) atoms. The number of halogens is 3. The van der Waals surface area contributed by atoms with E-state index < -0.39 is 48.9 Å². The number of methoxy groups -OCH3 is 1. The van der Waals surface area contributed by atoms with Crippen LogP contribution in [-0.4, -0.2) is 117 Å². The van der Waals surface area contributed by atoms with E-state index in [4.69, 9.17) is 33.2 Å². The highest BCUT2D eigenvalue weighted by molar-refractivity contribution is 6.07. The number of ketones is 3. The van der Waals surface area contributed by atoms with Gasteiger partial charge in [-0.1, -0.05) is 90.4 Å². The van der Waals surface area contributed by atoms with Crippen molar-refractivity contribution in [3.05, 3.63) is 0 Å². The highest BCUT2D eigenvalue weighted by atomic mass is 19.4. The fraction of sp³-hybridized carbons (Fsp3) is 0.917. The molecule has 0 aromatic carbocycles. The number of unbranched alkanes of at least 4 members (excludes halogenated alkanes) is 13. The van der Waals surface area contributed by atoms with Crippen LogP contribution in [0.2, 0.25) is 0 Å². The minimum atomic E-state index is -5.24. The Bertz CT molecular complexity index is 783. The molecule has 0 N–H and O–H groups in total. The van der Waals surface area contributed by atoms with Crippen LogP contribution in [0, 0.1) is 5.92 Å². The van der Waals surface area contributed by atoms with E-state index in [0.717, 1.165) is 13.0 Å². The highest BCUT2D eigenvalue weighted by Crippen LogP contribution is 2.24. The summed E-state index contributed by atoms with van der Waals surface area (Å²) in [4.78, 5) is 36.1. The van der Waals surface area contributed by atoms with Gasteiger partial charge in [-0.25, -0.2) is 0 Å². The lowest BCUT2D eigenvalue weighted by Gasteiger charge is -2.16. The van der Waals surface area contributed by atoms with E-state index in [0.29, 0.717) is 33.0 Å². The Labute approximate surface area is 292 Å². The van der Waals surface area contributed by atoms with Crippen molar-refractivity contribution in [1.82, 2.24) is 0 Å². The van der Waals surface area contributed by atoms with E-state index in [1.807, 2.05) is 0 Å². The molecule has 0 fully saturated rings. The molecular formula is C36H65F3O10. The molecule has 10 nitrogen and oxygen atoms in total. The Morgan fingerprint density at radius 3 is 1.35 bits per heavy atom. The summed E-state index contributed by atoms with van der Waals surface area (Å²) < 4.78 is 75.7. The second-order valence-electron chi connectivity index (χ2n) is 12.1. The highest BCUT2D eigenvalue weighted by Gasteiger charge is 2.46. The first-order valence-corrected chi connectivity index (χ1v) is 18.3. The van der Waals surface area contributed by atoms with Crippen LogP contribution in [-0.2, 0) is 47.5 Å². The number of alkyl halides is 3. The molecule has 1 atom stereocenters. The maximum atomic E-state index is 13.0. The third kappa shape index (κ3) is 32.2. The van der Waals surface area contributed by atoms with E-state index in [1.165, 1.54) is 90.6 Å². The predicted octanol–water partition coefficient (Wildman–Crippen LogP) is 6.88. The Morgan fingerprint density at radius 2 is 0.898 bits per heavy atom. The molecule has 290 valence electrons. The van der Waals surface area contributed by atoms with Crippen molar-refractivity contribution in [1.29, 1.82) is 0 Å². The average molecular weight is 715 g/mol. The number of Topliss-reactive ketones (excluding diaryl/α,β-unsaturated/α-hetero) is 3. The summed E-state index contributed by atoms with van der Waals surface area (Å²) in [6, 6.07) is 0. The van der Waals surface area contributed by atoms with Crippen molar-refractivity contribution in [2.75, 3.05) is 93.0 Å². The van der Waals surface area contributed by atoms with Crippen LogP contribution in [0.5, 0.6) is 0 Å². The van der Waals surface area contributed by atoms with E-state index in [-0.39, 0.29) is 39.6 Å². The third-order valence-corrected chi connectivity index (χ3v) is 7.73. The Hall–Kier alpha value is -1.48. The van der Waals surface area contributed by atoms with Gasteiger partial charge in [0.25, 0.3) is 0 Å². The summed E-state index contributed by atoms with van der Waals surface area (Å²) in [5.41, 5.74) is 0. The monoisotopic (exact) mass is 714 g/mol. The summed E-state index contributed by atoms with van der Waals surface area (Å²) in [6.45, 7) is 5.35. The molecule has 0 heterocycles. The third-order valence-electron chi connectivity index (χ3n) is 7.73. The molecule has 0 aliphatic rings. The lowest BCUT2D eigenvalue weighted by atomic mass is 9.91. The van der Waals surface area contributed by atoms with E-state index >= 15 is 0 Å². The maximum absolute atomic E-state index is 13.0. The van der Waals surface area contributed by atoms with Gasteiger partial charge in [0.2, 0.25) is 5.78 Å². The molecule has 0 saturated heterocycles. The van der Waals surface area contributed by atoms with Gasteiger partial charge in [0, 0.05) is 26.6 Å². The summed E-state index contributed by atoms with van der Waals surface area (Å²) >= 11 is 0. The first-order valence-electron chi connectivity index (χ1n) is 18.3. The quantitative estimate of drug-likeness (QED) is 0.0493. The van der Waals surface area contributed by atoms with Crippen LogP contribution in [0.1, 0.15) is 110 Å². The topological polar surface area (TPSA) is 116 Å². The average Bonchev–Trinajstić information content (AvgIpc) is 3.07. The summed E-state index contributed by atoms with van der Waals surface area (Å²) in [6.07, 6.45) is 12.1. The van der Waals surface area contributed by atoms with Crippen LogP contribution in [0.15, 0.2) is 0 Å². The standard InChI is InChI=1S/C36H65F3O10/c1-3-4-5-6-7-8-9-10-11-12-13-14-15-16-18-44-22-23-46-24-25-47-26-27-48-28-29-49-31-32(40)30-33(35(42)36(37,38)39)34(41)17-19-45-21-20-43-2/h33H,3-31H2,1-2H3. The van der Waals surface area contributed by atoms with E-state index in [2.05, 4.69) is 6.92 Å². The van der Waals surface area contributed by atoms with Crippen LogP contribution in [0.3, 0.4) is 0 Å². The van der Waals surface area contributed by atoms with E-state index in [9.17, 15) is 27.6 Å². The lowest BCUT2D eigenvalue weighted by molar-refractivity contribution is -0.177. The Kier molecular flexibility index (Phi) is 33.9. The zero-order chi connectivity index (χ0) is 36.3. The first-order chi connectivity index (χ1) is 23.7. The lowest BCUT2D eigenvalue weighted by Crippen LogP contribution is -2.37. The van der Waals surface area contributed by atoms with Crippen LogP contribution in [0.4, 0.5) is 13.2 Å². The SMILES string of the molecule is CCCCCCCCCCCCCCCCOCCOCCOCCOCCOCC(=O)CC(C(=O)CCOCCOC)C(=O)C(F)(F)F. The molecule has 0 aromatic rings. The van der Waals surface area contributed by atoms with Crippen LogP contribution >= 0.6 is 0 Å². The van der Waals surface area contributed by atoms with Gasteiger partial charge >= 0.3 is 6.18 Å². The smallest absolute Gasteiger partial charge is 0.382 e. The number of hydrogen-bond donors (Lipinski definition) is 0. The van der Waals surface area contributed by atoms with Gasteiger partial charge in [0.1, 0.15) is 12.4 Å². The molecule has 1 unspecified atom stereocenters. The van der Waals surface area contributed by atoms with Crippen LogP contribution < -0.4 is 0 Å². The van der Waals surface area contributed by atoms with Crippen molar-refractivity contribution in [2.24, 2.45) is 5.92 Å². The van der Waals surface area contributed by atoms with Gasteiger partial charge in [-0.2, -0.15) is 13.2 Å². The van der Waals surface area contributed by atoms with Crippen molar-refractivity contribution < 1.29 is 60.7 Å². The summed E-state index contributed by atoms with van der Waals surface area (Å²) in [7, 11) is 1.44. The summed E-state index contributed by atoms with van der Waals surface area (Å²) in [5, 5.41) is 0. The van der Waals surface area contributed by atoms with Gasteiger partial charge in [-0.15, -0.1) is 0 Å². The molecular weight excluding hydrogens is 649 g/mol. The van der Waals surface area contributed by atoms with Gasteiger partial charge < -0.3 is 33.2 Å². The fourth-order valence-corrected chi connectivity index (χ4v) is 4.89. The zero-order valence-electron chi connectivity index (χ0n) is 30.3. The molecule has 0 amide bonds. The van der Waals surface area contributed by atoms with Gasteiger partial charge in [0.15, 0.2) is 5.78 Å². The van der Waals surface area contributed by atoms with Crippen LogP contribution in [0.25, 0.3) is 0 Å². The number of hydrogen-bond acceptors (Lipinski definition) is 10. The first kappa shape index (κ1) is 47.5. The predicted molar refractivity (Wildman–Crippen MR) is 181 cm³/mol. The Morgan fingerprint density at radius 1 is 0.510 bits per heavy atom. The molecule has 0 radical (unpaired) electrons. The molecule has 0 aromatic heterocycles. The minimum Gasteiger partial charge on any atom is -0.382 e. The molecule has 0 aliphatic carbocycles. The second-order valence-corrected chi connectivity index (χ2v) is 12.1. The number of carbonyl (C=O) groups is 3. The zero-order valence-corrected chi connectivity index (χ0v) is 30.3. The van der Waals surface area contributed by atoms with E-state index in [1.54, 1.807) is 0 Å². The normalized spacial score (nSPS) is 12.4. The maximum Gasteiger partial charge on any atom is 0.450 e. The molecule has 13 heteroatoms. The number of carbonyl (C=O) groups excluding carboxylic acids is 3. The minimum absolute atomic E-state index is 0.00732. The molecule has 0 spiro atoms. The van der Waals surface area contributed by atoms with Crippen molar-refractivity contribution in [3.8, 4) is 0 Å². The fourth-order valence-electron chi connectivity index (χ4n) is 4.89. The molecule has 0 saturated carbocycles. The second kappa shape index (κ2) is 34.9. The largest absolute Gasteiger partial charge is 0.450 e. The number of rotatable bonds is 39. The molecule has 0 rings (SSSR count). The number of ether oxygens (including phenoxy) is 7. The van der Waals surface area contributed by atoms with Gasteiger partial charge in [-0.05, 0) is 6.42 Å². The molecule has 0 bridgehead atoms. The van der Waals surface area contributed by atoms with Crippen molar-refractivity contribution in [2.45, 2.75) is 116 Å². The van der Waals surface area contributed by atoms with Crippen molar-refractivity contribution in [3.63, 3.8) is 0 Å². The van der Waals surface area contributed by atoms with Crippen molar-refractivity contribution >= 4 is 17.3 Å². The van der Waals surface area contributed by atoms with Gasteiger partial charge in [0.05, 0.1) is 78.6 Å². The molecule has 0 aliphatic heterocycles.